The molecule has 1 aromatic rings. The fourth-order valence-corrected chi connectivity index (χ4v) is 5.55. The van der Waals surface area contributed by atoms with Crippen LogP contribution in [0.2, 0.25) is 0 Å². The molecule has 0 unspecified atom stereocenters. The standard InChI is InChI=1S/C17H19BrF2N2O4S/c18-12-7-14(20)15(8-13(12)19)27(24,25)21-5-3-17(4-6-21)10-22(11-1-2-11)16(23)9-26-17/h7-8,11H,1-6,9-10H2. The number of morpholine rings is 1. The van der Waals surface area contributed by atoms with Gasteiger partial charge in [0.1, 0.15) is 23.1 Å². The first kappa shape index (κ1) is 19.2. The van der Waals surface area contributed by atoms with Crippen LogP contribution in [0.15, 0.2) is 21.5 Å². The first-order valence-electron chi connectivity index (χ1n) is 8.80. The van der Waals surface area contributed by atoms with Crippen LogP contribution >= 0.6 is 15.9 Å². The summed E-state index contributed by atoms with van der Waals surface area (Å²) in [6.07, 6.45) is 2.81. The molecular weight excluding hydrogens is 446 g/mol. The van der Waals surface area contributed by atoms with Crippen molar-refractivity contribution in [2.45, 2.75) is 42.2 Å². The highest BCUT2D eigenvalue weighted by Gasteiger charge is 2.47. The van der Waals surface area contributed by atoms with Crippen LogP contribution < -0.4 is 0 Å². The first-order valence-corrected chi connectivity index (χ1v) is 11.0. The Morgan fingerprint density at radius 3 is 2.44 bits per heavy atom. The molecular formula is C17H19BrF2N2O4S. The third-order valence-corrected chi connectivity index (χ3v) is 8.02. The number of hydrogen-bond acceptors (Lipinski definition) is 4. The molecule has 3 aliphatic rings. The van der Waals surface area contributed by atoms with Gasteiger partial charge in [0.25, 0.3) is 0 Å². The van der Waals surface area contributed by atoms with Crippen molar-refractivity contribution in [2.24, 2.45) is 0 Å². The first-order chi connectivity index (χ1) is 12.7. The Kier molecular flexibility index (Phi) is 4.81. The smallest absolute Gasteiger partial charge is 0.248 e. The summed E-state index contributed by atoms with van der Waals surface area (Å²) >= 11 is 2.85. The molecule has 0 N–H and O–H groups in total. The number of nitrogens with zero attached hydrogens (tertiary/aromatic N) is 2. The van der Waals surface area contributed by atoms with Crippen LogP contribution in [0.5, 0.6) is 0 Å². The molecule has 27 heavy (non-hydrogen) atoms. The molecule has 3 fully saturated rings. The van der Waals surface area contributed by atoms with Gasteiger partial charge in [-0.15, -0.1) is 0 Å². The van der Waals surface area contributed by atoms with Crippen molar-refractivity contribution in [3.8, 4) is 0 Å². The van der Waals surface area contributed by atoms with E-state index < -0.39 is 32.2 Å². The van der Waals surface area contributed by atoms with Crippen molar-refractivity contribution in [2.75, 3.05) is 26.2 Å². The second-order valence-corrected chi connectivity index (χ2v) is 10.1. The zero-order valence-electron chi connectivity index (χ0n) is 14.5. The summed E-state index contributed by atoms with van der Waals surface area (Å²) in [6, 6.07) is 1.79. The normalized spacial score (nSPS) is 23.8. The van der Waals surface area contributed by atoms with Crippen molar-refractivity contribution in [3.05, 3.63) is 28.2 Å². The zero-order valence-corrected chi connectivity index (χ0v) is 16.9. The van der Waals surface area contributed by atoms with E-state index >= 15 is 0 Å². The second kappa shape index (κ2) is 6.75. The van der Waals surface area contributed by atoms with E-state index in [0.717, 1.165) is 23.2 Å². The topological polar surface area (TPSA) is 66.9 Å². The van der Waals surface area contributed by atoms with E-state index in [1.54, 1.807) is 0 Å². The lowest BCUT2D eigenvalue weighted by Crippen LogP contribution is -2.59. The molecule has 6 nitrogen and oxygen atoms in total. The van der Waals surface area contributed by atoms with E-state index in [0.29, 0.717) is 25.5 Å². The molecule has 0 radical (unpaired) electrons. The maximum Gasteiger partial charge on any atom is 0.248 e. The van der Waals surface area contributed by atoms with Crippen molar-refractivity contribution in [1.29, 1.82) is 0 Å². The van der Waals surface area contributed by atoms with Gasteiger partial charge in [0.15, 0.2) is 0 Å². The molecule has 2 heterocycles. The van der Waals surface area contributed by atoms with Crippen molar-refractivity contribution in [1.82, 2.24) is 9.21 Å². The Morgan fingerprint density at radius 1 is 1.15 bits per heavy atom. The summed E-state index contributed by atoms with van der Waals surface area (Å²) in [4.78, 5) is 13.2. The SMILES string of the molecule is O=C1COC2(CCN(S(=O)(=O)c3cc(F)c(Br)cc3F)CC2)CN1C1CC1. The van der Waals surface area contributed by atoms with Crippen LogP contribution in [0.4, 0.5) is 8.78 Å². The molecule has 1 amide bonds. The van der Waals surface area contributed by atoms with Gasteiger partial charge in [0.2, 0.25) is 15.9 Å². The van der Waals surface area contributed by atoms with Crippen molar-refractivity contribution in [3.63, 3.8) is 0 Å². The van der Waals surface area contributed by atoms with E-state index in [9.17, 15) is 22.0 Å². The minimum atomic E-state index is -4.15. The number of sulfonamides is 1. The van der Waals surface area contributed by atoms with Crippen LogP contribution in [0, 0.1) is 11.6 Å². The van der Waals surface area contributed by atoms with E-state index in [-0.39, 0.29) is 36.1 Å². The van der Waals surface area contributed by atoms with Gasteiger partial charge < -0.3 is 9.64 Å². The Bertz CT molecular complexity index is 883. The lowest BCUT2D eigenvalue weighted by Gasteiger charge is -2.46. The number of carbonyl (C=O) groups excluding carboxylic acids is 1. The predicted molar refractivity (Wildman–Crippen MR) is 95.5 cm³/mol. The molecule has 0 bridgehead atoms. The second-order valence-electron chi connectivity index (χ2n) is 7.33. The molecule has 4 rings (SSSR count). The van der Waals surface area contributed by atoms with Crippen LogP contribution in [0.1, 0.15) is 25.7 Å². The molecule has 0 atom stereocenters. The Labute approximate surface area is 164 Å². The maximum absolute atomic E-state index is 14.1. The molecule has 148 valence electrons. The largest absolute Gasteiger partial charge is 0.363 e. The van der Waals surface area contributed by atoms with Gasteiger partial charge >= 0.3 is 0 Å². The van der Waals surface area contributed by atoms with E-state index in [1.807, 2.05) is 4.90 Å². The number of benzene rings is 1. The summed E-state index contributed by atoms with van der Waals surface area (Å²) in [5, 5.41) is 0. The third kappa shape index (κ3) is 3.52. The Hall–Kier alpha value is -1.10. The third-order valence-electron chi connectivity index (χ3n) is 5.49. The highest BCUT2D eigenvalue weighted by atomic mass is 79.9. The number of halogens is 3. The molecule has 0 aromatic heterocycles. The van der Waals surface area contributed by atoms with Crippen molar-refractivity contribution < 1.29 is 26.7 Å². The number of rotatable bonds is 3. The summed E-state index contributed by atoms with van der Waals surface area (Å²) in [6.45, 7) is 0.736. The number of piperidine rings is 1. The average molecular weight is 465 g/mol. The van der Waals surface area contributed by atoms with Gasteiger partial charge in [-0.05, 0) is 53.7 Å². The maximum atomic E-state index is 14.1. The van der Waals surface area contributed by atoms with E-state index in [1.165, 1.54) is 0 Å². The molecule has 10 heteroatoms. The molecule has 1 aromatic carbocycles. The van der Waals surface area contributed by atoms with Gasteiger partial charge in [-0.25, -0.2) is 17.2 Å². The molecule has 1 spiro atoms. The summed E-state index contributed by atoms with van der Waals surface area (Å²) < 4.78 is 60.3. The van der Waals surface area contributed by atoms with Crippen LogP contribution in [-0.4, -0.2) is 61.4 Å². The van der Waals surface area contributed by atoms with Gasteiger partial charge in [-0.1, -0.05) is 0 Å². The monoisotopic (exact) mass is 464 g/mol. The minimum Gasteiger partial charge on any atom is -0.363 e. The van der Waals surface area contributed by atoms with Crippen LogP contribution in [0.25, 0.3) is 0 Å². The lowest BCUT2D eigenvalue weighted by molar-refractivity contribution is -0.170. The van der Waals surface area contributed by atoms with Gasteiger partial charge in [-0.3, -0.25) is 4.79 Å². The average Bonchev–Trinajstić information content (AvgIpc) is 3.46. The Morgan fingerprint density at radius 2 is 1.81 bits per heavy atom. The highest BCUT2D eigenvalue weighted by molar-refractivity contribution is 9.10. The molecule has 1 aliphatic carbocycles. The fourth-order valence-electron chi connectivity index (χ4n) is 3.74. The number of hydrogen-bond donors (Lipinski definition) is 0. The zero-order chi connectivity index (χ0) is 19.4. The van der Waals surface area contributed by atoms with E-state index in [2.05, 4.69) is 15.9 Å². The summed E-state index contributed by atoms with van der Waals surface area (Å²) in [7, 11) is -4.15. The highest BCUT2D eigenvalue weighted by Crippen LogP contribution is 2.37. The van der Waals surface area contributed by atoms with Gasteiger partial charge in [0.05, 0.1) is 16.6 Å². The minimum absolute atomic E-state index is 0.00972. The predicted octanol–water partition coefficient (Wildman–Crippen LogP) is 2.27. The fraction of sp³-hybridized carbons (Fsp3) is 0.588. The number of ether oxygens (including phenoxy) is 1. The van der Waals surface area contributed by atoms with Crippen molar-refractivity contribution >= 4 is 31.9 Å². The van der Waals surface area contributed by atoms with Gasteiger partial charge in [0, 0.05) is 19.1 Å². The number of carbonyl (C=O) groups is 1. The molecule has 2 aliphatic heterocycles. The van der Waals surface area contributed by atoms with Crippen LogP contribution in [-0.2, 0) is 19.6 Å². The molecule has 2 saturated heterocycles. The van der Waals surface area contributed by atoms with Crippen LogP contribution in [0.3, 0.4) is 0 Å². The number of amides is 1. The van der Waals surface area contributed by atoms with E-state index in [4.69, 9.17) is 4.74 Å². The summed E-state index contributed by atoms with van der Waals surface area (Å²) in [5.74, 6) is -1.86. The molecule has 1 saturated carbocycles. The summed E-state index contributed by atoms with van der Waals surface area (Å²) in [5.41, 5.74) is -0.563. The Balaban J connectivity index is 1.50. The van der Waals surface area contributed by atoms with Gasteiger partial charge in [-0.2, -0.15) is 4.31 Å². The lowest BCUT2D eigenvalue weighted by atomic mass is 9.90. The quantitative estimate of drug-likeness (QED) is 0.643.